The molecule has 0 radical (unpaired) electrons. The number of carbonyl (C=O) groups is 1. The molecule has 2 aromatic rings. The fourth-order valence-electron chi connectivity index (χ4n) is 2.15. The smallest absolute Gasteiger partial charge is 0.338 e. The third-order valence-corrected chi connectivity index (χ3v) is 4.45. The number of nitrogen functional groups attached to an aromatic ring is 1. The van der Waals surface area contributed by atoms with Crippen LogP contribution in [-0.2, 0) is 6.61 Å². The van der Waals surface area contributed by atoms with Gasteiger partial charge in [0.05, 0.1) is 5.56 Å². The molecule has 2 rings (SSSR count). The SMILES string of the molecule is Cc1cc(OCc2cccc(N)c2C(=O)O)cc(C)c1Br. The van der Waals surface area contributed by atoms with Crippen LogP contribution in [0.15, 0.2) is 34.8 Å². The summed E-state index contributed by atoms with van der Waals surface area (Å²) in [5, 5.41) is 9.23. The lowest BCUT2D eigenvalue weighted by atomic mass is 10.1. The Balaban J connectivity index is 2.25. The molecule has 3 N–H and O–H groups in total. The number of aromatic carboxylic acids is 1. The maximum atomic E-state index is 11.3. The molecule has 0 aliphatic rings. The minimum Gasteiger partial charge on any atom is -0.489 e. The Bertz CT molecular complexity index is 675. The molecule has 2 aromatic carbocycles. The van der Waals surface area contributed by atoms with Crippen molar-refractivity contribution < 1.29 is 14.6 Å². The predicted molar refractivity (Wildman–Crippen MR) is 85.8 cm³/mol. The van der Waals surface area contributed by atoms with Crippen molar-refractivity contribution in [2.75, 3.05) is 5.73 Å². The van der Waals surface area contributed by atoms with Crippen LogP contribution in [0.3, 0.4) is 0 Å². The summed E-state index contributed by atoms with van der Waals surface area (Å²) in [6, 6.07) is 8.81. The molecular formula is C16H16BrNO3. The average Bonchev–Trinajstić information content (AvgIpc) is 2.41. The monoisotopic (exact) mass is 349 g/mol. The largest absolute Gasteiger partial charge is 0.489 e. The van der Waals surface area contributed by atoms with E-state index < -0.39 is 5.97 Å². The molecule has 110 valence electrons. The normalized spacial score (nSPS) is 10.4. The van der Waals surface area contributed by atoms with Crippen molar-refractivity contribution in [1.82, 2.24) is 0 Å². The Hall–Kier alpha value is -2.01. The Morgan fingerprint density at radius 1 is 1.29 bits per heavy atom. The van der Waals surface area contributed by atoms with Crippen molar-refractivity contribution in [1.29, 1.82) is 0 Å². The Kier molecular flexibility index (Phi) is 4.53. The quantitative estimate of drug-likeness (QED) is 0.820. The van der Waals surface area contributed by atoms with Crippen molar-refractivity contribution in [2.45, 2.75) is 20.5 Å². The average molecular weight is 350 g/mol. The molecule has 0 saturated heterocycles. The van der Waals surface area contributed by atoms with E-state index >= 15 is 0 Å². The lowest BCUT2D eigenvalue weighted by Gasteiger charge is -2.12. The number of ether oxygens (including phenoxy) is 1. The van der Waals surface area contributed by atoms with Gasteiger partial charge in [-0.25, -0.2) is 4.79 Å². The van der Waals surface area contributed by atoms with Crippen molar-refractivity contribution in [2.24, 2.45) is 0 Å². The maximum Gasteiger partial charge on any atom is 0.338 e. The van der Waals surface area contributed by atoms with Gasteiger partial charge in [0.1, 0.15) is 12.4 Å². The number of rotatable bonds is 4. The van der Waals surface area contributed by atoms with Gasteiger partial charge >= 0.3 is 5.97 Å². The number of halogens is 1. The van der Waals surface area contributed by atoms with Gasteiger partial charge in [0.25, 0.3) is 0 Å². The first-order chi connectivity index (χ1) is 9.90. The zero-order chi connectivity index (χ0) is 15.6. The van der Waals surface area contributed by atoms with Gasteiger partial charge < -0.3 is 15.6 Å². The summed E-state index contributed by atoms with van der Waals surface area (Å²) in [5.41, 5.74) is 8.75. The third kappa shape index (κ3) is 3.36. The summed E-state index contributed by atoms with van der Waals surface area (Å²) in [7, 11) is 0. The van der Waals surface area contributed by atoms with E-state index in [0.717, 1.165) is 15.6 Å². The van der Waals surface area contributed by atoms with Crippen molar-refractivity contribution in [3.8, 4) is 5.75 Å². The summed E-state index contributed by atoms with van der Waals surface area (Å²) < 4.78 is 6.76. The van der Waals surface area contributed by atoms with E-state index in [-0.39, 0.29) is 17.9 Å². The number of benzene rings is 2. The molecule has 0 spiro atoms. The topological polar surface area (TPSA) is 72.5 Å². The lowest BCUT2D eigenvalue weighted by molar-refractivity contribution is 0.0695. The second-order valence-corrected chi connectivity index (χ2v) is 5.64. The number of aryl methyl sites for hydroxylation is 2. The molecule has 0 aromatic heterocycles. The highest BCUT2D eigenvalue weighted by atomic mass is 79.9. The molecule has 0 bridgehead atoms. The molecular weight excluding hydrogens is 334 g/mol. The van der Waals surface area contributed by atoms with E-state index in [9.17, 15) is 9.90 Å². The molecule has 21 heavy (non-hydrogen) atoms. The maximum absolute atomic E-state index is 11.3. The molecule has 0 aliphatic carbocycles. The summed E-state index contributed by atoms with van der Waals surface area (Å²) in [6.07, 6.45) is 0. The van der Waals surface area contributed by atoms with Crippen LogP contribution in [0.1, 0.15) is 27.0 Å². The first-order valence-corrected chi connectivity index (χ1v) is 7.19. The second-order valence-electron chi connectivity index (χ2n) is 4.85. The molecule has 0 heterocycles. The first kappa shape index (κ1) is 15.4. The van der Waals surface area contributed by atoms with Crippen LogP contribution in [0.5, 0.6) is 5.75 Å². The summed E-state index contributed by atoms with van der Waals surface area (Å²) >= 11 is 3.50. The van der Waals surface area contributed by atoms with Crippen LogP contribution < -0.4 is 10.5 Å². The van der Waals surface area contributed by atoms with Crippen molar-refractivity contribution in [3.63, 3.8) is 0 Å². The van der Waals surface area contributed by atoms with Gasteiger partial charge in [0.2, 0.25) is 0 Å². The molecule has 0 amide bonds. The summed E-state index contributed by atoms with van der Waals surface area (Å²) in [5.74, 6) is -0.346. The van der Waals surface area contributed by atoms with Crippen LogP contribution in [0.2, 0.25) is 0 Å². The number of carboxylic acid groups (broad SMARTS) is 1. The zero-order valence-electron chi connectivity index (χ0n) is 11.8. The number of carboxylic acids is 1. The number of hydrogen-bond donors (Lipinski definition) is 2. The van der Waals surface area contributed by atoms with Crippen LogP contribution in [-0.4, -0.2) is 11.1 Å². The molecule has 0 fully saturated rings. The first-order valence-electron chi connectivity index (χ1n) is 6.40. The fourth-order valence-corrected chi connectivity index (χ4v) is 2.38. The van der Waals surface area contributed by atoms with Gasteiger partial charge in [0.15, 0.2) is 0 Å². The fraction of sp³-hybridized carbons (Fsp3) is 0.188. The van der Waals surface area contributed by atoms with E-state index in [4.69, 9.17) is 10.5 Å². The van der Waals surface area contributed by atoms with Gasteiger partial charge in [-0.1, -0.05) is 28.1 Å². The van der Waals surface area contributed by atoms with Crippen LogP contribution >= 0.6 is 15.9 Å². The molecule has 0 saturated carbocycles. The van der Waals surface area contributed by atoms with Crippen LogP contribution in [0, 0.1) is 13.8 Å². The molecule has 0 aliphatic heterocycles. The summed E-state index contributed by atoms with van der Waals surface area (Å²) in [6.45, 7) is 4.12. The van der Waals surface area contributed by atoms with E-state index in [1.807, 2.05) is 26.0 Å². The van der Waals surface area contributed by atoms with E-state index in [0.29, 0.717) is 11.3 Å². The summed E-state index contributed by atoms with van der Waals surface area (Å²) in [4.78, 5) is 11.3. The standard InChI is InChI=1S/C16H16BrNO3/c1-9-6-12(7-10(2)15(9)17)21-8-11-4-3-5-13(18)14(11)16(19)20/h3-7H,8,18H2,1-2H3,(H,19,20). The number of nitrogens with two attached hydrogens (primary N) is 1. The van der Waals surface area contributed by atoms with Crippen LogP contribution in [0.25, 0.3) is 0 Å². The number of anilines is 1. The minimum absolute atomic E-state index is 0.100. The van der Waals surface area contributed by atoms with Gasteiger partial charge in [0, 0.05) is 15.7 Å². The third-order valence-electron chi connectivity index (χ3n) is 3.20. The second kappa shape index (κ2) is 6.18. The minimum atomic E-state index is -1.05. The van der Waals surface area contributed by atoms with Crippen molar-refractivity contribution in [3.05, 3.63) is 57.1 Å². The highest BCUT2D eigenvalue weighted by molar-refractivity contribution is 9.10. The molecule has 0 unspecified atom stereocenters. The lowest BCUT2D eigenvalue weighted by Crippen LogP contribution is -2.09. The molecule has 4 nitrogen and oxygen atoms in total. The van der Waals surface area contributed by atoms with E-state index in [1.54, 1.807) is 18.2 Å². The Morgan fingerprint density at radius 2 is 1.90 bits per heavy atom. The zero-order valence-corrected chi connectivity index (χ0v) is 13.4. The van der Waals surface area contributed by atoms with Crippen LogP contribution in [0.4, 0.5) is 5.69 Å². The number of hydrogen-bond acceptors (Lipinski definition) is 3. The van der Waals surface area contributed by atoms with Crippen molar-refractivity contribution >= 4 is 27.6 Å². The highest BCUT2D eigenvalue weighted by Crippen LogP contribution is 2.27. The van der Waals surface area contributed by atoms with Gasteiger partial charge in [-0.15, -0.1) is 0 Å². The Morgan fingerprint density at radius 3 is 2.48 bits per heavy atom. The molecule has 5 heteroatoms. The van der Waals surface area contributed by atoms with E-state index in [2.05, 4.69) is 15.9 Å². The van der Waals surface area contributed by atoms with Gasteiger partial charge in [-0.2, -0.15) is 0 Å². The van der Waals surface area contributed by atoms with Gasteiger partial charge in [-0.3, -0.25) is 0 Å². The van der Waals surface area contributed by atoms with E-state index in [1.165, 1.54) is 0 Å². The predicted octanol–water partition coefficient (Wildman–Crippen LogP) is 3.93. The Labute approximate surface area is 131 Å². The highest BCUT2D eigenvalue weighted by Gasteiger charge is 2.14. The van der Waals surface area contributed by atoms with Gasteiger partial charge in [-0.05, 0) is 43.2 Å². The molecule has 0 atom stereocenters.